The van der Waals surface area contributed by atoms with Crippen molar-refractivity contribution in [1.29, 1.82) is 0 Å². The molecule has 3 atom stereocenters. The summed E-state index contributed by atoms with van der Waals surface area (Å²) in [5.74, 6) is -1.31. The van der Waals surface area contributed by atoms with E-state index in [0.29, 0.717) is 11.3 Å². The van der Waals surface area contributed by atoms with Gasteiger partial charge in [0.25, 0.3) is 0 Å². The third-order valence-electron chi connectivity index (χ3n) is 6.99. The molecule has 0 spiro atoms. The van der Waals surface area contributed by atoms with Crippen molar-refractivity contribution in [3.8, 4) is 5.75 Å². The molecule has 2 saturated heterocycles. The predicted octanol–water partition coefficient (Wildman–Crippen LogP) is 4.38. The Labute approximate surface area is 244 Å². The van der Waals surface area contributed by atoms with Crippen LogP contribution >= 0.6 is 0 Å². The van der Waals surface area contributed by atoms with Crippen molar-refractivity contribution in [1.82, 2.24) is 9.80 Å². The average molecular weight is 579 g/mol. The smallest absolute Gasteiger partial charge is 0.413 e. The summed E-state index contributed by atoms with van der Waals surface area (Å²) in [7, 11) is 1.57. The summed E-state index contributed by atoms with van der Waals surface area (Å²) in [6.07, 6.45) is -1.06. The Morgan fingerprint density at radius 3 is 1.83 bits per heavy atom. The lowest BCUT2D eigenvalue weighted by Gasteiger charge is -2.28. The number of rotatable bonds is 6. The zero-order valence-corrected chi connectivity index (χ0v) is 23.7. The first-order valence-corrected chi connectivity index (χ1v) is 13.3. The van der Waals surface area contributed by atoms with E-state index in [4.69, 9.17) is 23.7 Å². The molecule has 2 amide bonds. The number of methoxy groups -OCH3 is 1. The lowest BCUT2D eigenvalue weighted by Crippen LogP contribution is -2.43. The fourth-order valence-corrected chi connectivity index (χ4v) is 4.28. The van der Waals surface area contributed by atoms with E-state index in [1.807, 2.05) is 60.7 Å². The Bertz CT molecular complexity index is 1340. The first-order chi connectivity index (χ1) is 20.2. The molecule has 1 unspecified atom stereocenters. The number of esters is 1. The van der Waals surface area contributed by atoms with E-state index in [-0.39, 0.29) is 26.7 Å². The third-order valence-corrected chi connectivity index (χ3v) is 6.99. The molecule has 0 aliphatic carbocycles. The van der Waals surface area contributed by atoms with Gasteiger partial charge in [0, 0.05) is 5.56 Å². The van der Waals surface area contributed by atoms with E-state index in [2.05, 4.69) is 0 Å². The van der Waals surface area contributed by atoms with Crippen molar-refractivity contribution in [2.75, 3.05) is 20.6 Å². The highest BCUT2D eigenvalue weighted by molar-refractivity contribution is 5.83. The number of benzene rings is 3. The van der Waals surface area contributed by atoms with Crippen LogP contribution in [0.25, 0.3) is 0 Å². The molecule has 0 radical (unpaired) electrons. The van der Waals surface area contributed by atoms with Crippen LogP contribution in [-0.4, -0.2) is 65.7 Å². The molecule has 5 rings (SSSR count). The van der Waals surface area contributed by atoms with Crippen LogP contribution in [0.4, 0.5) is 9.59 Å². The van der Waals surface area contributed by atoms with Crippen molar-refractivity contribution < 1.29 is 43.2 Å². The summed E-state index contributed by atoms with van der Waals surface area (Å²) in [6, 6.07) is 24.5. The number of amides is 2. The molecule has 0 saturated carbocycles. The molecular weight excluding hydrogens is 544 g/mol. The number of ether oxygens (including phenoxy) is 5. The molecule has 3 aromatic rings. The van der Waals surface area contributed by atoms with Crippen LogP contribution in [0, 0.1) is 0 Å². The molecule has 3 aromatic carbocycles. The van der Waals surface area contributed by atoms with Crippen LogP contribution in [0.15, 0.2) is 84.9 Å². The van der Waals surface area contributed by atoms with Crippen molar-refractivity contribution in [2.45, 2.75) is 44.9 Å². The van der Waals surface area contributed by atoms with Gasteiger partial charge in [-0.1, -0.05) is 60.7 Å². The molecule has 11 heteroatoms. The van der Waals surface area contributed by atoms with E-state index in [1.165, 1.54) is 9.80 Å². The van der Waals surface area contributed by atoms with Crippen LogP contribution in [-0.2, 0) is 42.7 Å². The first-order valence-electron chi connectivity index (χ1n) is 13.3. The van der Waals surface area contributed by atoms with Gasteiger partial charge in [-0.05, 0) is 49.2 Å². The van der Waals surface area contributed by atoms with Crippen molar-refractivity contribution in [2.24, 2.45) is 0 Å². The number of carbonyl (C=O) groups excluding carboxylic acids is 3. The number of carbonyl (C=O) groups is 3. The standard InChI is InChI=1S/C19H21NO5.C12H13NO4/c1-14-19(22,16-8-10-17(23-2)11-9-16)25-13-20(14)18(21)24-12-15-6-4-3-5-7-15;1-9-11(14)17-8-13(9)12(15)16-7-10-5-3-2-4-6-10/h3-11,14,22H,12-13H2,1-2H3;2-6,9H,7-8H2,1H3/t14-,19?;9-/m00/s1. The van der Waals surface area contributed by atoms with Crippen LogP contribution < -0.4 is 4.74 Å². The van der Waals surface area contributed by atoms with Gasteiger partial charge in [-0.3, -0.25) is 9.80 Å². The second-order valence-corrected chi connectivity index (χ2v) is 9.66. The maximum Gasteiger partial charge on any atom is 0.413 e. The number of hydrogen-bond donors (Lipinski definition) is 1. The zero-order chi connectivity index (χ0) is 30.1. The summed E-state index contributed by atoms with van der Waals surface area (Å²) in [6.45, 7) is 3.62. The van der Waals surface area contributed by atoms with Gasteiger partial charge in [0.1, 0.15) is 31.7 Å². The SMILES string of the molecule is COc1ccc(C2(O)OCN(C(=O)OCc3ccccc3)[C@H]2C)cc1.C[C@H]1C(=O)OCN1C(=O)OCc1ccccc1. The topological polar surface area (TPSA) is 124 Å². The third kappa shape index (κ3) is 7.17. The number of cyclic esters (lactones) is 1. The van der Waals surface area contributed by atoms with Crippen molar-refractivity contribution in [3.63, 3.8) is 0 Å². The van der Waals surface area contributed by atoms with E-state index in [0.717, 1.165) is 11.1 Å². The molecule has 0 bridgehead atoms. The second-order valence-electron chi connectivity index (χ2n) is 9.66. The van der Waals surface area contributed by atoms with Gasteiger partial charge in [-0.2, -0.15) is 0 Å². The van der Waals surface area contributed by atoms with Gasteiger partial charge in [-0.15, -0.1) is 0 Å². The van der Waals surface area contributed by atoms with Gasteiger partial charge in [-0.25, -0.2) is 14.4 Å². The maximum absolute atomic E-state index is 12.3. The largest absolute Gasteiger partial charge is 0.497 e. The Hall–Kier alpha value is -4.61. The predicted molar refractivity (Wildman–Crippen MR) is 150 cm³/mol. The molecule has 2 heterocycles. The van der Waals surface area contributed by atoms with Gasteiger partial charge in [0.15, 0.2) is 6.73 Å². The highest BCUT2D eigenvalue weighted by Crippen LogP contribution is 2.36. The highest BCUT2D eigenvalue weighted by Gasteiger charge is 2.48. The van der Waals surface area contributed by atoms with Gasteiger partial charge >= 0.3 is 18.2 Å². The lowest BCUT2D eigenvalue weighted by molar-refractivity contribution is -0.185. The Kier molecular flexibility index (Phi) is 10.00. The van der Waals surface area contributed by atoms with Gasteiger partial charge in [0.05, 0.1) is 13.2 Å². The molecular formula is C31H34N2O9. The normalized spacial score (nSPS) is 21.2. The molecule has 2 fully saturated rings. The number of nitrogens with zero attached hydrogens (tertiary/aromatic N) is 2. The van der Waals surface area contributed by atoms with Crippen LogP contribution in [0.3, 0.4) is 0 Å². The molecule has 2 aliphatic rings. The van der Waals surface area contributed by atoms with E-state index in [1.54, 1.807) is 45.2 Å². The van der Waals surface area contributed by atoms with Gasteiger partial charge < -0.3 is 28.8 Å². The number of aliphatic hydroxyl groups is 1. The van der Waals surface area contributed by atoms with Crippen molar-refractivity contribution in [3.05, 3.63) is 102 Å². The highest BCUT2D eigenvalue weighted by atomic mass is 16.7. The molecule has 42 heavy (non-hydrogen) atoms. The molecule has 0 aromatic heterocycles. The fourth-order valence-electron chi connectivity index (χ4n) is 4.28. The summed E-state index contributed by atoms with van der Waals surface area (Å²) < 4.78 is 25.8. The van der Waals surface area contributed by atoms with Crippen LogP contribution in [0.5, 0.6) is 5.75 Å². The zero-order valence-electron chi connectivity index (χ0n) is 23.7. The number of hydrogen-bond acceptors (Lipinski definition) is 9. The summed E-state index contributed by atoms with van der Waals surface area (Å²) in [5.41, 5.74) is 2.35. The van der Waals surface area contributed by atoms with Crippen LogP contribution in [0.1, 0.15) is 30.5 Å². The fraction of sp³-hybridized carbons (Fsp3) is 0.323. The quantitative estimate of drug-likeness (QED) is 0.335. The minimum absolute atomic E-state index is 0.0341. The van der Waals surface area contributed by atoms with E-state index >= 15 is 0 Å². The van der Waals surface area contributed by atoms with E-state index < -0.39 is 36.0 Å². The summed E-state index contributed by atoms with van der Waals surface area (Å²) >= 11 is 0. The first kappa shape index (κ1) is 30.4. The summed E-state index contributed by atoms with van der Waals surface area (Å²) in [5, 5.41) is 10.9. The minimum Gasteiger partial charge on any atom is -0.497 e. The Balaban J connectivity index is 0.000000208. The molecule has 222 valence electrons. The summed E-state index contributed by atoms with van der Waals surface area (Å²) in [4.78, 5) is 37.7. The lowest BCUT2D eigenvalue weighted by atomic mass is 9.99. The van der Waals surface area contributed by atoms with E-state index in [9.17, 15) is 19.5 Å². The molecule has 11 nitrogen and oxygen atoms in total. The average Bonchev–Trinajstić information content (AvgIpc) is 3.53. The molecule has 1 N–H and O–H groups in total. The van der Waals surface area contributed by atoms with Gasteiger partial charge in [0.2, 0.25) is 5.79 Å². The molecule has 2 aliphatic heterocycles. The Morgan fingerprint density at radius 2 is 1.36 bits per heavy atom. The van der Waals surface area contributed by atoms with Crippen molar-refractivity contribution >= 4 is 18.2 Å². The van der Waals surface area contributed by atoms with Crippen LogP contribution in [0.2, 0.25) is 0 Å². The Morgan fingerprint density at radius 1 is 0.833 bits per heavy atom. The minimum atomic E-state index is -1.59. The maximum atomic E-state index is 12.3. The monoisotopic (exact) mass is 578 g/mol. The second kappa shape index (κ2) is 13.8.